The van der Waals surface area contributed by atoms with Crippen LogP contribution in [0.15, 0.2) is 18.2 Å². The number of aryl methyl sites for hydroxylation is 1. The Morgan fingerprint density at radius 2 is 2.11 bits per heavy atom. The summed E-state index contributed by atoms with van der Waals surface area (Å²) in [4.78, 5) is 2.55. The van der Waals surface area contributed by atoms with Gasteiger partial charge in [-0.05, 0) is 50.3 Å². The van der Waals surface area contributed by atoms with Gasteiger partial charge < -0.3 is 0 Å². The lowest BCUT2D eigenvalue weighted by molar-refractivity contribution is 0.243. The maximum absolute atomic E-state index is 13.3. The van der Waals surface area contributed by atoms with Gasteiger partial charge in [0.1, 0.15) is 5.82 Å². The fourth-order valence-corrected chi connectivity index (χ4v) is 3.32. The van der Waals surface area contributed by atoms with Gasteiger partial charge in [-0.25, -0.2) is 4.39 Å². The highest BCUT2D eigenvalue weighted by molar-refractivity contribution is 5.85. The molecule has 1 saturated heterocycles. The number of piperidine rings is 1. The molecule has 100 valence electrons. The summed E-state index contributed by atoms with van der Waals surface area (Å²) in [5.74, 6) is 0.718. The predicted octanol–water partition coefficient (Wildman–Crippen LogP) is 3.54. The number of fused-ring (bicyclic) bond motifs is 1. The third-order valence-electron chi connectivity index (χ3n) is 4.64. The van der Waals surface area contributed by atoms with E-state index in [1.165, 1.54) is 18.5 Å². The minimum atomic E-state index is -0.0823. The van der Waals surface area contributed by atoms with Crippen LogP contribution in [0, 0.1) is 18.7 Å². The Labute approximate surface area is 115 Å². The molecule has 1 aliphatic carbocycles. The van der Waals surface area contributed by atoms with E-state index in [2.05, 4.69) is 24.8 Å². The zero-order valence-corrected chi connectivity index (χ0v) is 12.1. The maximum atomic E-state index is 13.3. The molecule has 3 heteroatoms. The Hall–Kier alpha value is -0.600. The first-order valence-electron chi connectivity index (χ1n) is 6.53. The number of likely N-dealkylation sites (tertiary alicyclic amines) is 1. The number of hydrogen-bond donors (Lipinski definition) is 0. The Bertz CT molecular complexity index is 460. The predicted molar refractivity (Wildman–Crippen MR) is 74.9 cm³/mol. The van der Waals surface area contributed by atoms with Gasteiger partial charge in [0.05, 0.1) is 0 Å². The second kappa shape index (κ2) is 4.50. The highest BCUT2D eigenvalue weighted by atomic mass is 35.5. The molecule has 0 aromatic heterocycles. The number of halogens is 2. The van der Waals surface area contributed by atoms with E-state index in [1.807, 2.05) is 13.0 Å². The molecule has 1 aromatic carbocycles. The smallest absolute Gasteiger partial charge is 0.126 e. The summed E-state index contributed by atoms with van der Waals surface area (Å²) >= 11 is 0. The molecule has 0 spiro atoms. The van der Waals surface area contributed by atoms with Crippen molar-refractivity contribution in [1.82, 2.24) is 4.90 Å². The summed E-state index contributed by atoms with van der Waals surface area (Å²) in [6.45, 7) is 8.75. The van der Waals surface area contributed by atoms with Crippen LogP contribution in [0.4, 0.5) is 4.39 Å². The lowest BCUT2D eigenvalue weighted by atomic mass is 9.93. The first kappa shape index (κ1) is 13.8. The molecule has 2 fully saturated rings. The number of rotatable bonds is 2. The van der Waals surface area contributed by atoms with Crippen molar-refractivity contribution in [3.05, 3.63) is 35.1 Å². The fourth-order valence-electron chi connectivity index (χ4n) is 3.32. The number of nitrogens with zero attached hydrogens (tertiary/aromatic N) is 1. The van der Waals surface area contributed by atoms with Crippen molar-refractivity contribution < 1.29 is 4.39 Å². The highest BCUT2D eigenvalue weighted by Crippen LogP contribution is 2.59. The molecule has 0 radical (unpaired) electrons. The van der Waals surface area contributed by atoms with Crippen molar-refractivity contribution in [2.45, 2.75) is 38.6 Å². The molecular weight excluding hydrogens is 249 g/mol. The van der Waals surface area contributed by atoms with E-state index in [-0.39, 0.29) is 18.2 Å². The van der Waals surface area contributed by atoms with E-state index in [4.69, 9.17) is 0 Å². The van der Waals surface area contributed by atoms with Crippen molar-refractivity contribution >= 4 is 12.4 Å². The van der Waals surface area contributed by atoms with Gasteiger partial charge in [-0.2, -0.15) is 0 Å². The molecule has 2 atom stereocenters. The van der Waals surface area contributed by atoms with Gasteiger partial charge in [0.2, 0.25) is 0 Å². The quantitative estimate of drug-likeness (QED) is 0.794. The molecule has 18 heavy (non-hydrogen) atoms. The van der Waals surface area contributed by atoms with Crippen LogP contribution in [0.5, 0.6) is 0 Å². The monoisotopic (exact) mass is 269 g/mol. The van der Waals surface area contributed by atoms with Crippen LogP contribution in [0.3, 0.4) is 0 Å². The van der Waals surface area contributed by atoms with E-state index >= 15 is 0 Å². The van der Waals surface area contributed by atoms with Crippen LogP contribution in [0.2, 0.25) is 0 Å². The molecule has 2 unspecified atom stereocenters. The SMILES string of the molecule is Cc1cc(C23CC2CN(C(C)C)C3)ccc1F.Cl. The summed E-state index contributed by atoms with van der Waals surface area (Å²) in [6.07, 6.45) is 1.29. The summed E-state index contributed by atoms with van der Waals surface area (Å²) in [7, 11) is 0. The summed E-state index contributed by atoms with van der Waals surface area (Å²) in [6, 6.07) is 6.30. The summed E-state index contributed by atoms with van der Waals surface area (Å²) in [5.41, 5.74) is 2.48. The Morgan fingerprint density at radius 3 is 2.67 bits per heavy atom. The second-order valence-electron chi connectivity index (χ2n) is 6.04. The van der Waals surface area contributed by atoms with Crippen molar-refractivity contribution in [1.29, 1.82) is 0 Å². The van der Waals surface area contributed by atoms with Gasteiger partial charge in [0, 0.05) is 24.5 Å². The lowest BCUT2D eigenvalue weighted by Gasteiger charge is -2.24. The van der Waals surface area contributed by atoms with Gasteiger partial charge in [-0.1, -0.05) is 12.1 Å². The van der Waals surface area contributed by atoms with Gasteiger partial charge in [0.25, 0.3) is 0 Å². The van der Waals surface area contributed by atoms with E-state index in [0.717, 1.165) is 18.0 Å². The van der Waals surface area contributed by atoms with Crippen molar-refractivity contribution in [2.24, 2.45) is 5.92 Å². The lowest BCUT2D eigenvalue weighted by Crippen LogP contribution is -2.32. The molecule has 2 aliphatic rings. The topological polar surface area (TPSA) is 3.24 Å². The molecule has 1 aromatic rings. The van der Waals surface area contributed by atoms with Gasteiger partial charge in [-0.15, -0.1) is 12.4 Å². The van der Waals surface area contributed by atoms with Crippen LogP contribution in [0.1, 0.15) is 31.4 Å². The third-order valence-corrected chi connectivity index (χ3v) is 4.64. The van der Waals surface area contributed by atoms with Gasteiger partial charge >= 0.3 is 0 Å². The summed E-state index contributed by atoms with van der Waals surface area (Å²) < 4.78 is 13.3. The van der Waals surface area contributed by atoms with E-state index in [1.54, 1.807) is 6.07 Å². The van der Waals surface area contributed by atoms with Crippen LogP contribution in [0.25, 0.3) is 0 Å². The molecule has 1 aliphatic heterocycles. The molecule has 1 heterocycles. The van der Waals surface area contributed by atoms with Crippen molar-refractivity contribution in [3.8, 4) is 0 Å². The fraction of sp³-hybridized carbons (Fsp3) is 0.600. The average Bonchev–Trinajstić information content (AvgIpc) is 2.85. The first-order valence-corrected chi connectivity index (χ1v) is 6.53. The van der Waals surface area contributed by atoms with Crippen LogP contribution in [-0.4, -0.2) is 24.0 Å². The summed E-state index contributed by atoms with van der Waals surface area (Å²) in [5, 5.41) is 0. The standard InChI is InChI=1S/C15H20FN.ClH/c1-10(2)17-8-13-7-15(13,9-17)12-4-5-14(16)11(3)6-12;/h4-6,10,13H,7-9H2,1-3H3;1H. The molecular formula is C15H21ClFN. The largest absolute Gasteiger partial charge is 0.300 e. The Morgan fingerprint density at radius 1 is 1.39 bits per heavy atom. The molecule has 0 amide bonds. The average molecular weight is 270 g/mol. The van der Waals surface area contributed by atoms with Crippen LogP contribution in [-0.2, 0) is 5.41 Å². The van der Waals surface area contributed by atoms with E-state index in [9.17, 15) is 4.39 Å². The Kier molecular flexibility index (Phi) is 3.46. The first-order chi connectivity index (χ1) is 8.03. The van der Waals surface area contributed by atoms with Crippen molar-refractivity contribution in [3.63, 3.8) is 0 Å². The third kappa shape index (κ3) is 1.96. The Balaban J connectivity index is 0.00000120. The van der Waals surface area contributed by atoms with Crippen LogP contribution < -0.4 is 0 Å². The minimum Gasteiger partial charge on any atom is -0.300 e. The van der Waals surface area contributed by atoms with E-state index in [0.29, 0.717) is 11.5 Å². The molecule has 1 nitrogen and oxygen atoms in total. The van der Waals surface area contributed by atoms with Gasteiger partial charge in [0.15, 0.2) is 0 Å². The molecule has 1 saturated carbocycles. The molecule has 0 bridgehead atoms. The van der Waals surface area contributed by atoms with E-state index < -0.39 is 0 Å². The second-order valence-corrected chi connectivity index (χ2v) is 6.04. The molecule has 3 rings (SSSR count). The van der Waals surface area contributed by atoms with Crippen LogP contribution >= 0.6 is 12.4 Å². The van der Waals surface area contributed by atoms with Gasteiger partial charge in [-0.3, -0.25) is 4.90 Å². The minimum absolute atomic E-state index is 0. The van der Waals surface area contributed by atoms with Crippen molar-refractivity contribution in [2.75, 3.05) is 13.1 Å². The number of benzene rings is 1. The zero-order valence-electron chi connectivity index (χ0n) is 11.2. The maximum Gasteiger partial charge on any atom is 0.126 e. The molecule has 0 N–H and O–H groups in total. The highest BCUT2D eigenvalue weighted by Gasteiger charge is 2.60. The normalized spacial score (nSPS) is 30.2. The number of hydrogen-bond acceptors (Lipinski definition) is 1. The zero-order chi connectivity index (χ0) is 12.2.